The van der Waals surface area contributed by atoms with Gasteiger partial charge >= 0.3 is 6.09 Å². The Hall–Kier alpha value is -2.70. The van der Waals surface area contributed by atoms with Crippen molar-refractivity contribution in [3.8, 4) is 11.1 Å². The topological polar surface area (TPSA) is 54.5 Å². The number of piperidine rings is 3. The number of nitrogens with zero attached hydrogens (tertiary/aromatic N) is 2. The summed E-state index contributed by atoms with van der Waals surface area (Å²) in [5, 5.41) is 5.83. The molecule has 30 heavy (non-hydrogen) atoms. The van der Waals surface area contributed by atoms with Crippen molar-refractivity contribution in [1.29, 1.82) is 0 Å². The Labute approximate surface area is 180 Å². The average Bonchev–Trinajstić information content (AvgIpc) is 3.25. The van der Waals surface area contributed by atoms with Crippen molar-refractivity contribution in [3.63, 3.8) is 0 Å². The lowest BCUT2D eigenvalue weighted by Gasteiger charge is -2.50. The highest BCUT2D eigenvalue weighted by Crippen LogP contribution is 2.37. The van der Waals surface area contributed by atoms with Gasteiger partial charge in [-0.3, -0.25) is 15.2 Å². The summed E-state index contributed by atoms with van der Waals surface area (Å²) in [5.74, 6) is 0.430. The first-order valence-corrected chi connectivity index (χ1v) is 11.4. The molecule has 0 spiro atoms. The summed E-state index contributed by atoms with van der Waals surface area (Å²) in [6.07, 6.45) is 6.31. The highest BCUT2D eigenvalue weighted by molar-refractivity contribution is 7.15. The zero-order chi connectivity index (χ0) is 20.3. The van der Waals surface area contributed by atoms with Crippen LogP contribution in [0.15, 0.2) is 66.3 Å². The van der Waals surface area contributed by atoms with Crippen LogP contribution in [0.2, 0.25) is 0 Å². The molecule has 6 heteroatoms. The van der Waals surface area contributed by atoms with Gasteiger partial charge in [-0.05, 0) is 61.0 Å². The number of benzene rings is 1. The van der Waals surface area contributed by atoms with Crippen LogP contribution in [-0.4, -0.2) is 41.2 Å². The molecule has 2 atom stereocenters. The first-order valence-electron chi connectivity index (χ1n) is 10.5. The van der Waals surface area contributed by atoms with Gasteiger partial charge < -0.3 is 4.74 Å². The van der Waals surface area contributed by atoms with Crippen LogP contribution in [0.3, 0.4) is 0 Å². The molecule has 1 amide bonds. The Morgan fingerprint density at radius 2 is 1.97 bits per heavy atom. The lowest BCUT2D eigenvalue weighted by molar-refractivity contribution is -0.0741. The highest BCUT2D eigenvalue weighted by Gasteiger charge is 2.44. The summed E-state index contributed by atoms with van der Waals surface area (Å²) in [6.45, 7) is 2.17. The number of fused-ring (bicyclic) bond motifs is 3. The van der Waals surface area contributed by atoms with Crippen molar-refractivity contribution in [1.82, 2.24) is 9.88 Å². The van der Waals surface area contributed by atoms with Gasteiger partial charge in [-0.2, -0.15) is 0 Å². The number of anilines is 1. The molecule has 2 aromatic heterocycles. The minimum Gasteiger partial charge on any atom is -0.444 e. The molecule has 0 saturated carbocycles. The van der Waals surface area contributed by atoms with E-state index in [1.165, 1.54) is 16.9 Å². The average molecular weight is 420 g/mol. The third-order valence-corrected chi connectivity index (χ3v) is 7.09. The number of hydrogen-bond acceptors (Lipinski definition) is 5. The first-order chi connectivity index (χ1) is 14.8. The molecule has 3 fully saturated rings. The molecular formula is C24H25N3O2S. The summed E-state index contributed by atoms with van der Waals surface area (Å²) < 4.78 is 6.07. The van der Waals surface area contributed by atoms with E-state index in [0.717, 1.165) is 48.5 Å². The molecule has 2 bridgehead atoms. The number of aromatic nitrogens is 1. The predicted octanol–water partition coefficient (Wildman–Crippen LogP) is 5.06. The maximum absolute atomic E-state index is 12.9. The van der Waals surface area contributed by atoms with Crippen LogP contribution in [0.4, 0.5) is 9.80 Å². The molecule has 0 aliphatic carbocycles. The van der Waals surface area contributed by atoms with Gasteiger partial charge in [0.2, 0.25) is 0 Å². The summed E-state index contributed by atoms with van der Waals surface area (Å²) >= 11 is 1.52. The summed E-state index contributed by atoms with van der Waals surface area (Å²) in [6, 6.07) is 16.4. The molecule has 3 aromatic rings. The van der Waals surface area contributed by atoms with Crippen LogP contribution in [0.1, 0.15) is 18.4 Å². The standard InChI is InChI=1S/C24H25N3O2S/c28-24(26-23-20(10-14-30-23)18-6-2-1-3-7-18)29-22-19-8-12-27(13-9-19)21(22)15-17-5-4-11-25-16-17/h1-7,10-11,14,16,19,21-22H,8-9,12-13,15H2,(H,26,28). The van der Waals surface area contributed by atoms with E-state index in [0.29, 0.717) is 5.92 Å². The molecule has 6 rings (SSSR count). The molecular weight excluding hydrogens is 394 g/mol. The number of amides is 1. The van der Waals surface area contributed by atoms with Crippen molar-refractivity contribution in [2.24, 2.45) is 5.92 Å². The maximum atomic E-state index is 12.9. The fraction of sp³-hybridized carbons (Fsp3) is 0.333. The van der Waals surface area contributed by atoms with Gasteiger partial charge in [0, 0.05) is 23.9 Å². The second-order valence-electron chi connectivity index (χ2n) is 8.03. The van der Waals surface area contributed by atoms with Crippen LogP contribution in [0.5, 0.6) is 0 Å². The smallest absolute Gasteiger partial charge is 0.412 e. The van der Waals surface area contributed by atoms with E-state index in [9.17, 15) is 4.79 Å². The van der Waals surface area contributed by atoms with Gasteiger partial charge in [-0.25, -0.2) is 4.79 Å². The number of nitrogens with one attached hydrogen (secondary N) is 1. The molecule has 5 heterocycles. The van der Waals surface area contributed by atoms with Gasteiger partial charge in [-0.15, -0.1) is 11.3 Å². The molecule has 3 aliphatic heterocycles. The van der Waals surface area contributed by atoms with E-state index in [2.05, 4.69) is 33.4 Å². The second kappa shape index (κ2) is 8.58. The predicted molar refractivity (Wildman–Crippen MR) is 120 cm³/mol. The lowest BCUT2D eigenvalue weighted by Crippen LogP contribution is -2.60. The highest BCUT2D eigenvalue weighted by atomic mass is 32.1. The van der Waals surface area contributed by atoms with Crippen LogP contribution in [0.25, 0.3) is 11.1 Å². The van der Waals surface area contributed by atoms with Crippen LogP contribution >= 0.6 is 11.3 Å². The Balaban J connectivity index is 1.31. The van der Waals surface area contributed by atoms with Crippen LogP contribution in [0, 0.1) is 5.92 Å². The van der Waals surface area contributed by atoms with Crippen molar-refractivity contribution in [2.75, 3.05) is 18.4 Å². The number of ether oxygens (including phenoxy) is 1. The minimum atomic E-state index is -0.357. The third kappa shape index (κ3) is 3.98. The van der Waals surface area contributed by atoms with E-state index < -0.39 is 0 Å². The van der Waals surface area contributed by atoms with Gasteiger partial charge in [-0.1, -0.05) is 36.4 Å². The molecule has 1 aromatic carbocycles. The number of thiophene rings is 1. The zero-order valence-corrected chi connectivity index (χ0v) is 17.6. The second-order valence-corrected chi connectivity index (χ2v) is 8.95. The largest absolute Gasteiger partial charge is 0.444 e. The molecule has 2 unspecified atom stereocenters. The van der Waals surface area contributed by atoms with Crippen molar-refractivity contribution in [3.05, 3.63) is 71.9 Å². The van der Waals surface area contributed by atoms with E-state index in [4.69, 9.17) is 4.74 Å². The molecule has 5 nitrogen and oxygen atoms in total. The number of carbonyl (C=O) groups excluding carboxylic acids is 1. The summed E-state index contributed by atoms with van der Waals surface area (Å²) in [5.41, 5.74) is 3.30. The SMILES string of the molecule is O=C(Nc1sccc1-c1ccccc1)OC1C2CCN(CC2)C1Cc1cccnc1. The fourth-order valence-electron chi connectivity index (χ4n) is 4.78. The van der Waals surface area contributed by atoms with Crippen molar-refractivity contribution < 1.29 is 9.53 Å². The van der Waals surface area contributed by atoms with Gasteiger partial charge in [0.1, 0.15) is 11.1 Å². The fourth-order valence-corrected chi connectivity index (χ4v) is 5.57. The third-order valence-electron chi connectivity index (χ3n) is 6.26. The molecule has 3 saturated heterocycles. The van der Waals surface area contributed by atoms with Crippen molar-refractivity contribution >= 4 is 22.4 Å². The monoisotopic (exact) mass is 419 g/mol. The Morgan fingerprint density at radius 1 is 1.13 bits per heavy atom. The van der Waals surface area contributed by atoms with E-state index in [1.54, 1.807) is 6.20 Å². The summed E-state index contributed by atoms with van der Waals surface area (Å²) in [7, 11) is 0. The molecule has 3 aliphatic rings. The molecule has 154 valence electrons. The first kappa shape index (κ1) is 19.3. The van der Waals surface area contributed by atoms with Crippen LogP contribution < -0.4 is 5.32 Å². The lowest BCUT2D eigenvalue weighted by atomic mass is 9.78. The number of hydrogen-bond donors (Lipinski definition) is 1. The Kier molecular flexibility index (Phi) is 5.51. The normalized spacial score (nSPS) is 25.1. The number of rotatable bonds is 5. The van der Waals surface area contributed by atoms with Gasteiger partial charge in [0.15, 0.2) is 0 Å². The minimum absolute atomic E-state index is 0.0900. The van der Waals surface area contributed by atoms with Gasteiger partial charge in [0.05, 0.1) is 6.04 Å². The Bertz CT molecular complexity index is 984. The van der Waals surface area contributed by atoms with Gasteiger partial charge in [0.25, 0.3) is 0 Å². The molecule has 0 radical (unpaired) electrons. The number of carbonyl (C=O) groups is 1. The quantitative estimate of drug-likeness (QED) is 0.628. The summed E-state index contributed by atoms with van der Waals surface area (Å²) in [4.78, 5) is 19.6. The van der Waals surface area contributed by atoms with E-state index in [1.807, 2.05) is 41.9 Å². The van der Waals surface area contributed by atoms with Crippen LogP contribution in [-0.2, 0) is 11.2 Å². The zero-order valence-electron chi connectivity index (χ0n) is 16.7. The van der Waals surface area contributed by atoms with E-state index in [-0.39, 0.29) is 18.2 Å². The maximum Gasteiger partial charge on any atom is 0.412 e. The van der Waals surface area contributed by atoms with Crippen molar-refractivity contribution in [2.45, 2.75) is 31.4 Å². The molecule has 1 N–H and O–H groups in total. The van der Waals surface area contributed by atoms with E-state index >= 15 is 0 Å². The number of pyridine rings is 1. The Morgan fingerprint density at radius 3 is 2.73 bits per heavy atom.